The van der Waals surface area contributed by atoms with Gasteiger partial charge >= 0.3 is 0 Å². The summed E-state index contributed by atoms with van der Waals surface area (Å²) in [4.78, 5) is 17.6. The summed E-state index contributed by atoms with van der Waals surface area (Å²) in [6.45, 7) is 1.91. The Bertz CT molecular complexity index is 1180. The van der Waals surface area contributed by atoms with Gasteiger partial charge in [0.25, 0.3) is 5.91 Å². The van der Waals surface area contributed by atoms with Crippen molar-refractivity contribution in [1.82, 2.24) is 19.7 Å². The number of aryl methyl sites for hydroxylation is 2. The normalized spacial score (nSPS) is 27.0. The summed E-state index contributed by atoms with van der Waals surface area (Å²) in [5, 5.41) is 21.1. The molecule has 1 amide bonds. The predicted octanol–water partition coefficient (Wildman–Crippen LogP) is 4.29. The van der Waals surface area contributed by atoms with Gasteiger partial charge in [-0.15, -0.1) is 0 Å². The molecule has 0 radical (unpaired) electrons. The number of aromatic amines is 1. The molecule has 0 spiro atoms. The van der Waals surface area contributed by atoms with E-state index in [4.69, 9.17) is 11.6 Å². The monoisotopic (exact) mass is 457 g/mol. The van der Waals surface area contributed by atoms with Crippen LogP contribution in [0.15, 0.2) is 30.6 Å². The van der Waals surface area contributed by atoms with Crippen LogP contribution in [0, 0.1) is 24.6 Å². The van der Waals surface area contributed by atoms with E-state index in [1.54, 1.807) is 17.9 Å². The van der Waals surface area contributed by atoms with E-state index in [-0.39, 0.29) is 16.8 Å². The molecular weight excluding hydrogens is 433 g/mol. The Hall–Kier alpha value is -2.71. The van der Waals surface area contributed by atoms with Crippen molar-refractivity contribution in [2.24, 2.45) is 18.9 Å². The Morgan fingerprint density at radius 1 is 1.31 bits per heavy atom. The van der Waals surface area contributed by atoms with Crippen molar-refractivity contribution < 1.29 is 14.3 Å². The van der Waals surface area contributed by atoms with Crippen LogP contribution in [0.1, 0.15) is 59.2 Å². The van der Waals surface area contributed by atoms with E-state index in [1.807, 2.05) is 13.0 Å². The summed E-state index contributed by atoms with van der Waals surface area (Å²) >= 11 is 5.84. The number of anilines is 1. The average molecular weight is 458 g/mol. The molecule has 2 unspecified atom stereocenters. The van der Waals surface area contributed by atoms with Gasteiger partial charge in [0.1, 0.15) is 17.1 Å². The molecule has 2 saturated carbocycles. The zero-order chi connectivity index (χ0) is 22.6. The van der Waals surface area contributed by atoms with Crippen molar-refractivity contribution in [3.05, 3.63) is 64.2 Å². The topological polar surface area (TPSA) is 95.8 Å². The molecule has 0 bridgehead atoms. The van der Waals surface area contributed by atoms with Crippen LogP contribution in [0.2, 0.25) is 5.02 Å². The number of imidazole rings is 1. The van der Waals surface area contributed by atoms with Gasteiger partial charge in [-0.3, -0.25) is 9.89 Å². The molecule has 2 fully saturated rings. The van der Waals surface area contributed by atoms with Gasteiger partial charge in [0.15, 0.2) is 0 Å². The van der Waals surface area contributed by atoms with Gasteiger partial charge < -0.3 is 15.0 Å². The number of H-pyrrole nitrogens is 1. The third-order valence-corrected chi connectivity index (χ3v) is 7.28. The highest BCUT2D eigenvalue weighted by Crippen LogP contribution is 2.56. The minimum Gasteiger partial charge on any atom is -0.384 e. The number of amides is 1. The number of aliphatic hydroxyl groups is 1. The molecule has 9 heteroatoms. The predicted molar refractivity (Wildman–Crippen MR) is 118 cm³/mol. The highest BCUT2D eigenvalue weighted by molar-refractivity contribution is 6.31. The fourth-order valence-electron chi connectivity index (χ4n) is 5.55. The van der Waals surface area contributed by atoms with Crippen LogP contribution in [0.4, 0.5) is 10.1 Å². The lowest BCUT2D eigenvalue weighted by molar-refractivity contribution is 0.0300. The summed E-state index contributed by atoms with van der Waals surface area (Å²) in [6, 6.07) is 6.01. The first-order valence-corrected chi connectivity index (χ1v) is 11.1. The molecule has 2 heterocycles. The Morgan fingerprint density at radius 3 is 2.66 bits per heavy atom. The van der Waals surface area contributed by atoms with Crippen LogP contribution >= 0.6 is 11.6 Å². The lowest BCUT2D eigenvalue weighted by atomic mass is 9.90. The molecule has 2 aliphatic rings. The summed E-state index contributed by atoms with van der Waals surface area (Å²) in [7, 11) is 1.79. The van der Waals surface area contributed by atoms with E-state index in [0.29, 0.717) is 36.1 Å². The fraction of sp³-hybridized carbons (Fsp3) is 0.435. The van der Waals surface area contributed by atoms with Crippen LogP contribution in [0.25, 0.3) is 0 Å². The highest BCUT2D eigenvalue weighted by atomic mass is 35.5. The quantitative estimate of drug-likeness (QED) is 0.544. The van der Waals surface area contributed by atoms with Crippen LogP contribution in [0.5, 0.6) is 0 Å². The molecule has 2 aliphatic carbocycles. The van der Waals surface area contributed by atoms with Crippen LogP contribution < -0.4 is 5.32 Å². The maximum Gasteiger partial charge on any atom is 0.274 e. The van der Waals surface area contributed by atoms with E-state index in [1.165, 1.54) is 18.2 Å². The van der Waals surface area contributed by atoms with Gasteiger partial charge in [-0.25, -0.2) is 9.37 Å². The maximum absolute atomic E-state index is 13.4. The van der Waals surface area contributed by atoms with E-state index in [9.17, 15) is 14.3 Å². The van der Waals surface area contributed by atoms with Gasteiger partial charge in [-0.2, -0.15) is 5.10 Å². The van der Waals surface area contributed by atoms with Crippen LogP contribution in [0.3, 0.4) is 0 Å². The third kappa shape index (κ3) is 3.61. The number of benzene rings is 1. The molecular formula is C23H25ClFN5O2. The standard InChI is InChI=1S/C23H25ClFN5O2/c1-12-5-19(29-28-12)23(32)9-14-6-13(7-15(14)10-23)20-21(30(2)11-26-20)22(31)27-16-3-4-18(25)17(24)8-16/h3-5,8,11,13-15,32H,6-7,9-10H2,1-2H3,(H,27,31)(H,28,29). The second-order valence-corrected chi connectivity index (χ2v) is 9.63. The van der Waals surface area contributed by atoms with E-state index >= 15 is 0 Å². The minimum atomic E-state index is -0.867. The SMILES string of the molecule is Cc1cc(C2(O)CC3CC(c4ncn(C)c4C(=O)Nc4ccc(F)c(Cl)c4)CC3C2)[nH]n1. The molecule has 1 aromatic carbocycles. The van der Waals surface area contributed by atoms with Crippen LogP contribution in [-0.2, 0) is 12.6 Å². The summed E-state index contributed by atoms with van der Waals surface area (Å²) < 4.78 is 15.2. The summed E-state index contributed by atoms with van der Waals surface area (Å²) in [5.74, 6) is 0.0412. The van der Waals surface area contributed by atoms with Gasteiger partial charge in [0.05, 0.1) is 28.4 Å². The van der Waals surface area contributed by atoms with Gasteiger partial charge in [-0.05, 0) is 68.7 Å². The maximum atomic E-state index is 13.4. The zero-order valence-corrected chi connectivity index (χ0v) is 18.7. The van der Waals surface area contributed by atoms with Gasteiger partial charge in [-0.1, -0.05) is 11.6 Å². The number of nitrogens with zero attached hydrogens (tertiary/aromatic N) is 3. The molecule has 168 valence electrons. The number of hydrogen-bond donors (Lipinski definition) is 3. The van der Waals surface area contributed by atoms with Crippen molar-refractivity contribution in [2.75, 3.05) is 5.32 Å². The molecule has 3 N–H and O–H groups in total. The second kappa shape index (κ2) is 7.71. The number of rotatable bonds is 4. The fourth-order valence-corrected chi connectivity index (χ4v) is 5.73. The first kappa shape index (κ1) is 21.2. The molecule has 5 rings (SSSR count). The molecule has 0 aliphatic heterocycles. The lowest BCUT2D eigenvalue weighted by Gasteiger charge is -2.23. The van der Waals surface area contributed by atoms with Crippen molar-refractivity contribution in [1.29, 1.82) is 0 Å². The summed E-state index contributed by atoms with van der Waals surface area (Å²) in [5.41, 5.74) is 2.49. The number of fused-ring (bicyclic) bond motifs is 1. The first-order valence-electron chi connectivity index (χ1n) is 10.8. The Labute approximate surface area is 190 Å². The van der Waals surface area contributed by atoms with Crippen molar-refractivity contribution in [2.45, 2.75) is 44.1 Å². The van der Waals surface area contributed by atoms with Gasteiger partial charge in [0.2, 0.25) is 0 Å². The number of nitrogens with one attached hydrogen (secondary N) is 2. The molecule has 7 nitrogen and oxygen atoms in total. The second-order valence-electron chi connectivity index (χ2n) is 9.22. The number of carbonyl (C=O) groups excluding carboxylic acids is 1. The Balaban J connectivity index is 1.32. The highest BCUT2D eigenvalue weighted by Gasteiger charge is 2.51. The minimum absolute atomic E-state index is 0.0448. The number of hydrogen-bond acceptors (Lipinski definition) is 4. The largest absolute Gasteiger partial charge is 0.384 e. The van der Waals surface area contributed by atoms with Crippen molar-refractivity contribution in [3.63, 3.8) is 0 Å². The van der Waals surface area contributed by atoms with E-state index in [2.05, 4.69) is 20.5 Å². The first-order chi connectivity index (χ1) is 15.2. The van der Waals surface area contributed by atoms with Crippen molar-refractivity contribution in [3.8, 4) is 0 Å². The van der Waals surface area contributed by atoms with E-state index in [0.717, 1.165) is 29.9 Å². The Morgan fingerprint density at radius 2 is 2.03 bits per heavy atom. The number of aromatic nitrogens is 4. The number of halogens is 2. The molecule has 2 atom stereocenters. The molecule has 2 aromatic heterocycles. The van der Waals surface area contributed by atoms with Gasteiger partial charge in [0, 0.05) is 18.7 Å². The Kier molecular flexibility index (Phi) is 5.09. The van der Waals surface area contributed by atoms with E-state index < -0.39 is 11.4 Å². The summed E-state index contributed by atoms with van der Waals surface area (Å²) in [6.07, 6.45) is 4.76. The average Bonchev–Trinajstić information content (AvgIpc) is 3.48. The lowest BCUT2D eigenvalue weighted by Crippen LogP contribution is -2.24. The smallest absolute Gasteiger partial charge is 0.274 e. The van der Waals surface area contributed by atoms with Crippen molar-refractivity contribution >= 4 is 23.2 Å². The third-order valence-electron chi connectivity index (χ3n) is 6.99. The molecule has 3 aromatic rings. The molecule has 32 heavy (non-hydrogen) atoms. The molecule has 0 saturated heterocycles. The van der Waals surface area contributed by atoms with Crippen LogP contribution in [-0.4, -0.2) is 30.8 Å². The zero-order valence-electron chi connectivity index (χ0n) is 17.9. The number of carbonyl (C=O) groups is 1.